The molecule has 23 heavy (non-hydrogen) atoms. The smallest absolute Gasteiger partial charge is 0.0766 e. The van der Waals surface area contributed by atoms with Gasteiger partial charge in [-0.2, -0.15) is 0 Å². The minimum atomic E-state index is 0.743. The fraction of sp³-hybridized carbons (Fsp3) is 0.0500. The number of fused-ring (bicyclic) bond motifs is 2. The molecule has 0 aliphatic heterocycles. The van der Waals surface area contributed by atoms with Crippen molar-refractivity contribution in [2.45, 2.75) is 6.92 Å². The SMILES string of the molecule is Cc1c(Cl)ccc2c(Nc3cccc4ccccc34)ccnc12. The van der Waals surface area contributed by atoms with Crippen LogP contribution in [-0.2, 0) is 0 Å². The first-order valence-electron chi connectivity index (χ1n) is 7.52. The lowest BCUT2D eigenvalue weighted by Gasteiger charge is -2.13. The number of pyridine rings is 1. The predicted molar refractivity (Wildman–Crippen MR) is 98.7 cm³/mol. The van der Waals surface area contributed by atoms with Crippen molar-refractivity contribution < 1.29 is 0 Å². The molecule has 0 saturated heterocycles. The maximum Gasteiger partial charge on any atom is 0.0766 e. The van der Waals surface area contributed by atoms with Crippen LogP contribution in [-0.4, -0.2) is 4.98 Å². The van der Waals surface area contributed by atoms with E-state index in [9.17, 15) is 0 Å². The Balaban J connectivity index is 1.89. The summed E-state index contributed by atoms with van der Waals surface area (Å²) in [4.78, 5) is 4.48. The Morgan fingerprint density at radius 2 is 1.61 bits per heavy atom. The Kier molecular flexibility index (Phi) is 3.40. The molecule has 4 rings (SSSR count). The van der Waals surface area contributed by atoms with Crippen LogP contribution >= 0.6 is 11.6 Å². The summed E-state index contributed by atoms with van der Waals surface area (Å²) in [6.07, 6.45) is 1.82. The third kappa shape index (κ3) is 2.41. The molecule has 0 aliphatic carbocycles. The summed E-state index contributed by atoms with van der Waals surface area (Å²) >= 11 is 6.22. The molecular weight excluding hydrogens is 304 g/mol. The van der Waals surface area contributed by atoms with E-state index in [4.69, 9.17) is 11.6 Å². The molecule has 3 aromatic carbocycles. The number of nitrogens with one attached hydrogen (secondary N) is 1. The monoisotopic (exact) mass is 318 g/mol. The third-order valence-corrected chi connectivity index (χ3v) is 4.57. The van der Waals surface area contributed by atoms with Gasteiger partial charge >= 0.3 is 0 Å². The number of benzene rings is 3. The Bertz CT molecular complexity index is 1020. The zero-order valence-corrected chi connectivity index (χ0v) is 13.4. The highest BCUT2D eigenvalue weighted by atomic mass is 35.5. The highest BCUT2D eigenvalue weighted by Crippen LogP contribution is 2.32. The fourth-order valence-corrected chi connectivity index (χ4v) is 3.08. The average Bonchev–Trinajstić information content (AvgIpc) is 2.59. The van der Waals surface area contributed by atoms with Gasteiger partial charge in [0.25, 0.3) is 0 Å². The number of anilines is 2. The maximum absolute atomic E-state index is 6.22. The van der Waals surface area contributed by atoms with Crippen molar-refractivity contribution >= 4 is 44.7 Å². The number of nitrogens with zero attached hydrogens (tertiary/aromatic N) is 1. The summed E-state index contributed by atoms with van der Waals surface area (Å²) in [6.45, 7) is 2.00. The van der Waals surface area contributed by atoms with Gasteiger partial charge < -0.3 is 5.32 Å². The number of hydrogen-bond acceptors (Lipinski definition) is 2. The molecule has 2 nitrogen and oxygen atoms in total. The molecule has 112 valence electrons. The first kappa shape index (κ1) is 14.0. The molecule has 0 amide bonds. The van der Waals surface area contributed by atoms with E-state index in [-0.39, 0.29) is 0 Å². The van der Waals surface area contributed by atoms with Crippen molar-refractivity contribution in [2.24, 2.45) is 0 Å². The lowest BCUT2D eigenvalue weighted by molar-refractivity contribution is 1.36. The van der Waals surface area contributed by atoms with Crippen molar-refractivity contribution in [2.75, 3.05) is 5.32 Å². The van der Waals surface area contributed by atoms with Gasteiger partial charge in [-0.05, 0) is 42.1 Å². The number of hydrogen-bond donors (Lipinski definition) is 1. The van der Waals surface area contributed by atoms with E-state index in [0.29, 0.717) is 0 Å². The van der Waals surface area contributed by atoms with E-state index < -0.39 is 0 Å². The zero-order valence-electron chi connectivity index (χ0n) is 12.7. The van der Waals surface area contributed by atoms with Crippen LogP contribution in [0.1, 0.15) is 5.56 Å². The van der Waals surface area contributed by atoms with Gasteiger partial charge in [-0.25, -0.2) is 0 Å². The third-order valence-electron chi connectivity index (χ3n) is 4.16. The van der Waals surface area contributed by atoms with E-state index in [1.54, 1.807) is 0 Å². The van der Waals surface area contributed by atoms with Crippen LogP contribution in [0.5, 0.6) is 0 Å². The van der Waals surface area contributed by atoms with Crippen LogP contribution in [0.2, 0.25) is 5.02 Å². The number of aromatic nitrogens is 1. The fourth-order valence-electron chi connectivity index (χ4n) is 2.92. The summed E-state index contributed by atoms with van der Waals surface area (Å²) in [5.41, 5.74) is 4.06. The molecule has 1 N–H and O–H groups in total. The number of halogens is 1. The molecule has 1 heterocycles. The van der Waals surface area contributed by atoms with Gasteiger partial charge in [0, 0.05) is 33.4 Å². The molecule has 0 bridgehead atoms. The first-order valence-corrected chi connectivity index (χ1v) is 7.90. The van der Waals surface area contributed by atoms with Gasteiger partial charge in [-0.1, -0.05) is 48.0 Å². The van der Waals surface area contributed by atoms with Gasteiger partial charge in [0.2, 0.25) is 0 Å². The van der Waals surface area contributed by atoms with Crippen LogP contribution in [0.3, 0.4) is 0 Å². The van der Waals surface area contributed by atoms with E-state index in [0.717, 1.165) is 32.9 Å². The lowest BCUT2D eigenvalue weighted by atomic mass is 10.1. The number of rotatable bonds is 2. The lowest BCUT2D eigenvalue weighted by Crippen LogP contribution is -1.95. The molecule has 0 fully saturated rings. The highest BCUT2D eigenvalue weighted by Gasteiger charge is 2.08. The van der Waals surface area contributed by atoms with Crippen molar-refractivity contribution in [1.82, 2.24) is 4.98 Å². The molecule has 3 heteroatoms. The van der Waals surface area contributed by atoms with Crippen LogP contribution in [0.25, 0.3) is 21.7 Å². The average molecular weight is 319 g/mol. The van der Waals surface area contributed by atoms with Crippen molar-refractivity contribution in [3.63, 3.8) is 0 Å². The zero-order chi connectivity index (χ0) is 15.8. The molecule has 0 radical (unpaired) electrons. The molecule has 0 spiro atoms. The standard InChI is InChI=1S/C20H15ClN2/c1-13-17(21)10-9-16-19(11-12-22-20(13)16)23-18-8-4-6-14-5-2-3-7-15(14)18/h2-12H,1H3,(H,22,23). The highest BCUT2D eigenvalue weighted by molar-refractivity contribution is 6.32. The van der Waals surface area contributed by atoms with E-state index in [1.165, 1.54) is 10.8 Å². The second kappa shape index (κ2) is 5.56. The Hall–Kier alpha value is -2.58. The van der Waals surface area contributed by atoms with Crippen LogP contribution < -0.4 is 5.32 Å². The van der Waals surface area contributed by atoms with E-state index in [1.807, 2.05) is 31.3 Å². The van der Waals surface area contributed by atoms with Crippen molar-refractivity contribution in [1.29, 1.82) is 0 Å². The molecule has 0 unspecified atom stereocenters. The van der Waals surface area contributed by atoms with Gasteiger partial charge in [0.05, 0.1) is 5.52 Å². The molecule has 0 aliphatic rings. The first-order chi connectivity index (χ1) is 11.2. The second-order valence-corrected chi connectivity index (χ2v) is 5.99. The van der Waals surface area contributed by atoms with Gasteiger partial charge in [-0.15, -0.1) is 0 Å². The summed E-state index contributed by atoms with van der Waals surface area (Å²) in [5.74, 6) is 0. The Morgan fingerprint density at radius 3 is 2.52 bits per heavy atom. The topological polar surface area (TPSA) is 24.9 Å². The Labute approximate surface area is 139 Å². The Morgan fingerprint density at radius 1 is 0.826 bits per heavy atom. The number of aryl methyl sites for hydroxylation is 1. The van der Waals surface area contributed by atoms with Crippen molar-refractivity contribution in [3.8, 4) is 0 Å². The summed E-state index contributed by atoms with van der Waals surface area (Å²) < 4.78 is 0. The second-order valence-electron chi connectivity index (χ2n) is 5.58. The van der Waals surface area contributed by atoms with Crippen LogP contribution in [0, 0.1) is 6.92 Å². The largest absolute Gasteiger partial charge is 0.354 e. The van der Waals surface area contributed by atoms with Gasteiger partial charge in [-0.3, -0.25) is 4.98 Å². The molecular formula is C20H15ClN2. The molecule has 4 aromatic rings. The van der Waals surface area contributed by atoms with Gasteiger partial charge in [0.15, 0.2) is 0 Å². The summed E-state index contributed by atoms with van der Waals surface area (Å²) in [6, 6.07) is 20.6. The molecule has 0 saturated carbocycles. The van der Waals surface area contributed by atoms with E-state index >= 15 is 0 Å². The summed E-state index contributed by atoms with van der Waals surface area (Å²) in [5, 5.41) is 7.79. The molecule has 0 atom stereocenters. The van der Waals surface area contributed by atoms with Crippen LogP contribution in [0.15, 0.2) is 66.9 Å². The normalized spacial score (nSPS) is 11.0. The van der Waals surface area contributed by atoms with E-state index in [2.05, 4.69) is 52.8 Å². The minimum Gasteiger partial charge on any atom is -0.354 e. The van der Waals surface area contributed by atoms with Gasteiger partial charge in [0.1, 0.15) is 0 Å². The maximum atomic E-state index is 6.22. The quantitative estimate of drug-likeness (QED) is 0.483. The summed E-state index contributed by atoms with van der Waals surface area (Å²) in [7, 11) is 0. The minimum absolute atomic E-state index is 0.743. The predicted octanol–water partition coefficient (Wildman–Crippen LogP) is 6.09. The van der Waals surface area contributed by atoms with Crippen molar-refractivity contribution in [3.05, 3.63) is 77.4 Å². The molecule has 1 aromatic heterocycles. The van der Waals surface area contributed by atoms with Crippen LogP contribution in [0.4, 0.5) is 11.4 Å².